The van der Waals surface area contributed by atoms with Crippen LogP contribution in [0.4, 0.5) is 0 Å². The highest BCUT2D eigenvalue weighted by atomic mass is 16.4. The fraction of sp³-hybridized carbons (Fsp3) is 0.900. The lowest BCUT2D eigenvalue weighted by molar-refractivity contribution is -0.145. The van der Waals surface area contributed by atoms with Crippen molar-refractivity contribution in [3.63, 3.8) is 0 Å². The first-order valence-electron chi connectivity index (χ1n) is 5.11. The van der Waals surface area contributed by atoms with Crippen LogP contribution in [0.3, 0.4) is 0 Å². The third kappa shape index (κ3) is 2.69. The van der Waals surface area contributed by atoms with E-state index < -0.39 is 11.5 Å². The molecule has 0 aromatic carbocycles. The Hall–Kier alpha value is -0.610. The van der Waals surface area contributed by atoms with Crippen molar-refractivity contribution in [2.75, 3.05) is 20.6 Å². The fourth-order valence-corrected chi connectivity index (χ4v) is 2.29. The second-order valence-corrected chi connectivity index (χ2v) is 4.69. The van der Waals surface area contributed by atoms with Gasteiger partial charge in [0.25, 0.3) is 0 Å². The number of hydrogen-bond donors (Lipinski definition) is 2. The summed E-state index contributed by atoms with van der Waals surface area (Å²) in [4.78, 5) is 13.1. The molecule has 82 valence electrons. The van der Waals surface area contributed by atoms with Gasteiger partial charge in [-0.25, -0.2) is 0 Å². The number of nitrogens with two attached hydrogens (primary N) is 1. The lowest BCUT2D eigenvalue weighted by Gasteiger charge is -2.35. The molecule has 0 radical (unpaired) electrons. The highest BCUT2D eigenvalue weighted by molar-refractivity contribution is 5.78. The van der Waals surface area contributed by atoms with Gasteiger partial charge >= 0.3 is 5.97 Å². The van der Waals surface area contributed by atoms with Gasteiger partial charge < -0.3 is 15.7 Å². The van der Waals surface area contributed by atoms with Gasteiger partial charge in [-0.1, -0.05) is 6.42 Å². The molecule has 0 aliphatic heterocycles. The molecule has 1 aliphatic carbocycles. The van der Waals surface area contributed by atoms with E-state index in [1.165, 1.54) is 0 Å². The molecule has 0 amide bonds. The molecule has 1 rings (SSSR count). The average molecular weight is 200 g/mol. The van der Waals surface area contributed by atoms with Crippen molar-refractivity contribution < 1.29 is 9.90 Å². The zero-order chi connectivity index (χ0) is 10.8. The molecular weight excluding hydrogens is 180 g/mol. The zero-order valence-electron chi connectivity index (χ0n) is 8.99. The largest absolute Gasteiger partial charge is 0.480 e. The number of carboxylic acids is 1. The molecule has 0 aromatic heterocycles. The molecule has 1 aliphatic rings. The highest BCUT2D eigenvalue weighted by Gasteiger charge is 2.39. The number of hydrogen-bond acceptors (Lipinski definition) is 3. The molecule has 1 saturated carbocycles. The van der Waals surface area contributed by atoms with Gasteiger partial charge in [0.15, 0.2) is 0 Å². The van der Waals surface area contributed by atoms with Crippen LogP contribution in [-0.2, 0) is 4.79 Å². The molecule has 2 unspecified atom stereocenters. The maximum absolute atomic E-state index is 11.0. The maximum atomic E-state index is 11.0. The summed E-state index contributed by atoms with van der Waals surface area (Å²) in [7, 11) is 4.02. The number of nitrogens with zero attached hydrogens (tertiary/aromatic N) is 1. The Morgan fingerprint density at radius 2 is 2.29 bits per heavy atom. The summed E-state index contributed by atoms with van der Waals surface area (Å²) in [6, 6.07) is 0. The van der Waals surface area contributed by atoms with Crippen LogP contribution in [0.2, 0.25) is 0 Å². The third-order valence-electron chi connectivity index (χ3n) is 2.94. The molecule has 14 heavy (non-hydrogen) atoms. The van der Waals surface area contributed by atoms with E-state index in [-0.39, 0.29) is 0 Å². The summed E-state index contributed by atoms with van der Waals surface area (Å²) in [5.74, 6) is -0.416. The summed E-state index contributed by atoms with van der Waals surface area (Å²) in [6.07, 6.45) is 3.26. The minimum absolute atomic E-state index is 0.430. The van der Waals surface area contributed by atoms with Crippen molar-refractivity contribution in [3.05, 3.63) is 0 Å². The van der Waals surface area contributed by atoms with Gasteiger partial charge in [-0.2, -0.15) is 0 Å². The molecule has 0 spiro atoms. The second kappa shape index (κ2) is 4.28. The van der Waals surface area contributed by atoms with Crippen molar-refractivity contribution in [3.8, 4) is 0 Å². The van der Waals surface area contributed by atoms with E-state index in [0.29, 0.717) is 18.8 Å². The van der Waals surface area contributed by atoms with Gasteiger partial charge in [-0.15, -0.1) is 0 Å². The Labute approximate surface area is 85.1 Å². The molecule has 4 nitrogen and oxygen atoms in total. The van der Waals surface area contributed by atoms with Crippen LogP contribution in [0.15, 0.2) is 0 Å². The lowest BCUT2D eigenvalue weighted by atomic mass is 9.76. The van der Waals surface area contributed by atoms with Crippen LogP contribution in [-0.4, -0.2) is 42.2 Å². The topological polar surface area (TPSA) is 66.6 Å². The van der Waals surface area contributed by atoms with Crippen molar-refractivity contribution in [2.24, 2.45) is 11.7 Å². The molecule has 3 N–H and O–H groups in total. The minimum Gasteiger partial charge on any atom is -0.480 e. The Kier molecular flexibility index (Phi) is 3.50. The summed E-state index contributed by atoms with van der Waals surface area (Å²) in [5, 5.41) is 9.01. The molecular formula is C10H20N2O2. The molecule has 0 bridgehead atoms. The molecule has 2 atom stereocenters. The first-order valence-corrected chi connectivity index (χ1v) is 5.11. The number of rotatable bonds is 3. The minimum atomic E-state index is -0.973. The van der Waals surface area contributed by atoms with Crippen LogP contribution in [0.5, 0.6) is 0 Å². The van der Waals surface area contributed by atoms with E-state index in [1.807, 2.05) is 14.1 Å². The first-order chi connectivity index (χ1) is 6.44. The second-order valence-electron chi connectivity index (χ2n) is 4.69. The third-order valence-corrected chi connectivity index (χ3v) is 2.94. The summed E-state index contributed by atoms with van der Waals surface area (Å²) in [6.45, 7) is 0.937. The molecule has 1 fully saturated rings. The predicted octanol–water partition coefficient (Wildman–Crippen LogP) is 0.520. The smallest absolute Gasteiger partial charge is 0.323 e. The zero-order valence-corrected chi connectivity index (χ0v) is 8.99. The Balaban J connectivity index is 2.55. The van der Waals surface area contributed by atoms with Gasteiger partial charge in [0.1, 0.15) is 5.54 Å². The van der Waals surface area contributed by atoms with Gasteiger partial charge in [0, 0.05) is 6.54 Å². The van der Waals surface area contributed by atoms with Gasteiger partial charge in [0.2, 0.25) is 0 Å². The van der Waals surface area contributed by atoms with E-state index in [0.717, 1.165) is 19.4 Å². The van der Waals surface area contributed by atoms with Crippen molar-refractivity contribution in [2.45, 2.75) is 31.2 Å². The maximum Gasteiger partial charge on any atom is 0.323 e. The van der Waals surface area contributed by atoms with E-state index >= 15 is 0 Å². The fourth-order valence-electron chi connectivity index (χ4n) is 2.29. The van der Waals surface area contributed by atoms with Crippen LogP contribution < -0.4 is 5.73 Å². The summed E-state index contributed by atoms with van der Waals surface area (Å²) < 4.78 is 0. The number of aliphatic carboxylic acids is 1. The number of carboxylic acid groups (broad SMARTS) is 1. The Morgan fingerprint density at radius 3 is 2.79 bits per heavy atom. The van der Waals surface area contributed by atoms with Gasteiger partial charge in [0.05, 0.1) is 0 Å². The summed E-state index contributed by atoms with van der Waals surface area (Å²) in [5.41, 5.74) is 4.88. The summed E-state index contributed by atoms with van der Waals surface area (Å²) >= 11 is 0. The van der Waals surface area contributed by atoms with E-state index in [4.69, 9.17) is 10.8 Å². The van der Waals surface area contributed by atoms with E-state index in [1.54, 1.807) is 0 Å². The molecule has 4 heteroatoms. The number of carbonyl (C=O) groups is 1. The monoisotopic (exact) mass is 200 g/mol. The highest BCUT2D eigenvalue weighted by Crippen LogP contribution is 2.31. The van der Waals surface area contributed by atoms with Gasteiger partial charge in [-0.3, -0.25) is 4.79 Å². The van der Waals surface area contributed by atoms with Crippen LogP contribution >= 0.6 is 0 Å². The van der Waals surface area contributed by atoms with Crippen molar-refractivity contribution in [1.82, 2.24) is 4.90 Å². The predicted molar refractivity (Wildman–Crippen MR) is 55.1 cm³/mol. The van der Waals surface area contributed by atoms with Crippen molar-refractivity contribution >= 4 is 5.97 Å². The Bertz CT molecular complexity index is 218. The lowest BCUT2D eigenvalue weighted by Crippen LogP contribution is -2.52. The van der Waals surface area contributed by atoms with Crippen LogP contribution in [0.25, 0.3) is 0 Å². The molecule has 0 aromatic rings. The van der Waals surface area contributed by atoms with E-state index in [2.05, 4.69) is 4.90 Å². The quantitative estimate of drug-likeness (QED) is 0.697. The van der Waals surface area contributed by atoms with E-state index in [9.17, 15) is 4.79 Å². The first kappa shape index (κ1) is 11.5. The average Bonchev–Trinajstić information content (AvgIpc) is 2.02. The van der Waals surface area contributed by atoms with Crippen LogP contribution in [0, 0.1) is 5.92 Å². The standard InChI is InChI=1S/C10H20N2O2/c1-12(2)7-8-4-3-5-10(11,6-8)9(13)14/h8H,3-7,11H2,1-2H3,(H,13,14). The molecule has 0 heterocycles. The van der Waals surface area contributed by atoms with Crippen molar-refractivity contribution in [1.29, 1.82) is 0 Å². The van der Waals surface area contributed by atoms with Crippen LogP contribution in [0.1, 0.15) is 25.7 Å². The van der Waals surface area contributed by atoms with Gasteiger partial charge in [-0.05, 0) is 39.3 Å². The SMILES string of the molecule is CN(C)CC1CCCC(N)(C(=O)O)C1. The molecule has 0 saturated heterocycles. The normalized spacial score (nSPS) is 33.3. The Morgan fingerprint density at radius 1 is 1.64 bits per heavy atom.